The molecule has 0 aliphatic carbocycles. The number of hydrogen-bond acceptors (Lipinski definition) is 10. The number of aromatic carboxylic acids is 1. The molecule has 1 aromatic carbocycles. The lowest BCUT2D eigenvalue weighted by Gasteiger charge is -2.26. The van der Waals surface area contributed by atoms with Gasteiger partial charge in [0.2, 0.25) is 5.01 Å². The number of methoxy groups -OCH3 is 1. The predicted octanol–water partition coefficient (Wildman–Crippen LogP) is 4.73. The van der Waals surface area contributed by atoms with E-state index < -0.39 is 41.0 Å². The maximum Gasteiger partial charge on any atom is 0.445 e. The van der Waals surface area contributed by atoms with Crippen LogP contribution in [-0.4, -0.2) is 69.2 Å². The van der Waals surface area contributed by atoms with Crippen LogP contribution in [0.4, 0.5) is 23.2 Å². The summed E-state index contributed by atoms with van der Waals surface area (Å²) in [6.45, 7) is 8.73. The molecular formula is C29H32F4N6O6S. The van der Waals surface area contributed by atoms with Crippen molar-refractivity contribution in [3.63, 3.8) is 0 Å². The Morgan fingerprint density at radius 3 is 2.28 bits per heavy atom. The van der Waals surface area contributed by atoms with E-state index in [1.165, 1.54) is 48.5 Å². The van der Waals surface area contributed by atoms with E-state index in [1.807, 2.05) is 13.8 Å². The number of alkyl halides is 3. The van der Waals surface area contributed by atoms with Crippen molar-refractivity contribution in [1.82, 2.24) is 20.5 Å². The Morgan fingerprint density at radius 2 is 1.78 bits per heavy atom. The number of nitrogens with zero attached hydrogens (tertiary/aromatic N) is 5. The number of carbonyl (C=O) groups is 3. The van der Waals surface area contributed by atoms with Crippen LogP contribution in [0.25, 0.3) is 0 Å². The fraction of sp³-hybridized carbons (Fsp3) is 0.414. The lowest BCUT2D eigenvalue weighted by molar-refractivity contribution is -0.138. The number of amides is 2. The van der Waals surface area contributed by atoms with E-state index in [0.29, 0.717) is 11.3 Å². The molecule has 46 heavy (non-hydrogen) atoms. The number of nitrogens with one attached hydrogen (secondary N) is 1. The van der Waals surface area contributed by atoms with Crippen LogP contribution in [0.5, 0.6) is 5.19 Å². The van der Waals surface area contributed by atoms with E-state index in [9.17, 15) is 37.1 Å². The predicted molar refractivity (Wildman–Crippen MR) is 159 cm³/mol. The van der Waals surface area contributed by atoms with Gasteiger partial charge in [-0.15, -0.1) is 5.10 Å². The SMILES string of the molecule is CC(C)N(C(=O)COc1nnc(C(F)(F)F)s1)c1ccc(F)cc1.COCc1cnc(C2=NC(C)(C(C)C)C(=O)N2)c(C(=O)O)c1. The van der Waals surface area contributed by atoms with E-state index in [2.05, 4.69) is 25.5 Å². The van der Waals surface area contributed by atoms with Crippen molar-refractivity contribution in [1.29, 1.82) is 0 Å². The Morgan fingerprint density at radius 1 is 1.13 bits per heavy atom. The fourth-order valence-electron chi connectivity index (χ4n) is 4.06. The van der Waals surface area contributed by atoms with Gasteiger partial charge in [0.15, 0.2) is 12.4 Å². The zero-order valence-corrected chi connectivity index (χ0v) is 26.5. The Hall–Kier alpha value is -4.51. The van der Waals surface area contributed by atoms with Crippen LogP contribution in [0.3, 0.4) is 0 Å². The van der Waals surface area contributed by atoms with Crippen LogP contribution in [-0.2, 0) is 27.1 Å². The number of benzene rings is 1. The number of carboxylic acids is 1. The first-order chi connectivity index (χ1) is 21.5. The van der Waals surface area contributed by atoms with Gasteiger partial charge in [0, 0.05) is 25.0 Å². The van der Waals surface area contributed by atoms with Crippen molar-refractivity contribution >= 4 is 40.6 Å². The number of carboxylic acid groups (broad SMARTS) is 1. The maximum absolute atomic E-state index is 13.0. The van der Waals surface area contributed by atoms with E-state index in [-0.39, 0.29) is 58.1 Å². The first-order valence-corrected chi connectivity index (χ1v) is 14.5. The molecule has 2 N–H and O–H groups in total. The van der Waals surface area contributed by atoms with Gasteiger partial charge in [-0.3, -0.25) is 14.6 Å². The molecule has 17 heteroatoms. The summed E-state index contributed by atoms with van der Waals surface area (Å²) in [5.41, 5.74) is 0.318. The van der Waals surface area contributed by atoms with E-state index in [1.54, 1.807) is 20.8 Å². The van der Waals surface area contributed by atoms with E-state index in [0.717, 1.165) is 0 Å². The van der Waals surface area contributed by atoms with Crippen molar-refractivity contribution in [3.8, 4) is 5.19 Å². The Bertz CT molecular complexity index is 1600. The average Bonchev–Trinajstić information content (AvgIpc) is 3.58. The average molecular weight is 669 g/mol. The van der Waals surface area contributed by atoms with Gasteiger partial charge in [0.1, 0.15) is 17.1 Å². The molecule has 0 saturated carbocycles. The summed E-state index contributed by atoms with van der Waals surface area (Å²) in [5.74, 6) is -2.15. The molecule has 3 aromatic rings. The van der Waals surface area contributed by atoms with Gasteiger partial charge in [-0.1, -0.05) is 30.3 Å². The summed E-state index contributed by atoms with van der Waals surface area (Å²) < 4.78 is 60.3. The monoisotopic (exact) mass is 668 g/mol. The molecule has 0 spiro atoms. The lowest BCUT2D eigenvalue weighted by atomic mass is 9.89. The van der Waals surface area contributed by atoms with Gasteiger partial charge in [0.25, 0.3) is 17.0 Å². The van der Waals surface area contributed by atoms with Gasteiger partial charge in [-0.05, 0) is 62.6 Å². The molecule has 0 bridgehead atoms. The number of carbonyl (C=O) groups excluding carboxylic acids is 2. The number of aromatic nitrogens is 3. The van der Waals surface area contributed by atoms with Gasteiger partial charge >= 0.3 is 12.1 Å². The smallest absolute Gasteiger partial charge is 0.445 e. The third kappa shape index (κ3) is 8.60. The highest BCUT2D eigenvalue weighted by atomic mass is 32.1. The standard InChI is InChI=1S/C15H19N3O4.C14H13F4N3O2S/c1-8(2)15(3)14(21)17-12(18-15)11-10(13(19)20)5-9(6-16-11)7-22-4;1-8(2)21(10-5-3-9(15)4-6-10)11(22)7-23-13-20-19-12(24-13)14(16,17)18/h5-6,8H,7H2,1-4H3,(H,19,20)(H,17,18,21);3-6,8H,7H2,1-2H3. The molecule has 248 valence electrons. The number of amidine groups is 1. The minimum absolute atomic E-state index is 0.0124. The summed E-state index contributed by atoms with van der Waals surface area (Å²) in [4.78, 5) is 45.8. The molecule has 2 amide bonds. The largest absolute Gasteiger partial charge is 0.478 e. The molecule has 0 saturated heterocycles. The summed E-state index contributed by atoms with van der Waals surface area (Å²) in [6.07, 6.45) is -3.09. The zero-order chi connectivity index (χ0) is 34.4. The van der Waals surface area contributed by atoms with Gasteiger partial charge in [0.05, 0.1) is 12.2 Å². The number of anilines is 1. The van der Waals surface area contributed by atoms with Crippen molar-refractivity contribution in [2.75, 3.05) is 18.6 Å². The van der Waals surface area contributed by atoms with Crippen molar-refractivity contribution in [2.24, 2.45) is 10.9 Å². The molecule has 1 atom stereocenters. The number of rotatable bonds is 10. The highest BCUT2D eigenvalue weighted by Gasteiger charge is 2.43. The quantitative estimate of drug-likeness (QED) is 0.292. The minimum Gasteiger partial charge on any atom is -0.478 e. The fourth-order valence-corrected chi connectivity index (χ4v) is 4.62. The van der Waals surface area contributed by atoms with Crippen LogP contribution in [0.2, 0.25) is 0 Å². The molecule has 4 rings (SSSR count). The second kappa shape index (κ2) is 14.7. The van der Waals surface area contributed by atoms with Crippen molar-refractivity contribution in [3.05, 3.63) is 64.2 Å². The molecule has 3 heterocycles. The van der Waals surface area contributed by atoms with Crippen LogP contribution in [0, 0.1) is 11.7 Å². The normalized spacial score (nSPS) is 16.1. The maximum atomic E-state index is 13.0. The summed E-state index contributed by atoms with van der Waals surface area (Å²) in [7, 11) is 1.52. The zero-order valence-electron chi connectivity index (χ0n) is 25.7. The highest BCUT2D eigenvalue weighted by Crippen LogP contribution is 2.34. The molecule has 0 fully saturated rings. The van der Waals surface area contributed by atoms with Crippen LogP contribution < -0.4 is 15.0 Å². The second-order valence-electron chi connectivity index (χ2n) is 10.7. The minimum atomic E-state index is -4.61. The first-order valence-electron chi connectivity index (χ1n) is 13.7. The summed E-state index contributed by atoms with van der Waals surface area (Å²) in [6, 6.07) is 6.50. The highest BCUT2D eigenvalue weighted by molar-refractivity contribution is 7.13. The Balaban J connectivity index is 0.000000251. The summed E-state index contributed by atoms with van der Waals surface area (Å²) in [5, 5.41) is 16.7. The second-order valence-corrected chi connectivity index (χ2v) is 11.6. The molecule has 2 aromatic heterocycles. The topological polar surface area (TPSA) is 156 Å². The first kappa shape index (κ1) is 36.0. The number of pyridine rings is 1. The third-order valence-electron chi connectivity index (χ3n) is 6.73. The number of hydrogen-bond donors (Lipinski definition) is 2. The van der Waals surface area contributed by atoms with E-state index in [4.69, 9.17) is 9.47 Å². The van der Waals surface area contributed by atoms with Crippen LogP contribution in [0.1, 0.15) is 61.2 Å². The number of aliphatic imine (C=N–C) groups is 1. The molecule has 1 aliphatic heterocycles. The van der Waals surface area contributed by atoms with E-state index >= 15 is 0 Å². The molecule has 1 aliphatic rings. The molecular weight excluding hydrogens is 636 g/mol. The van der Waals surface area contributed by atoms with Crippen molar-refractivity contribution in [2.45, 2.75) is 59.0 Å². The summed E-state index contributed by atoms with van der Waals surface area (Å²) >= 11 is 0.210. The number of halogens is 4. The lowest BCUT2D eigenvalue weighted by Crippen LogP contribution is -2.41. The van der Waals surface area contributed by atoms with Gasteiger partial charge in [-0.2, -0.15) is 13.2 Å². The van der Waals surface area contributed by atoms with Gasteiger partial charge in [-0.25, -0.2) is 14.2 Å². The van der Waals surface area contributed by atoms with Crippen molar-refractivity contribution < 1.29 is 46.5 Å². The van der Waals surface area contributed by atoms with Crippen LogP contribution >= 0.6 is 11.3 Å². The molecule has 0 radical (unpaired) electrons. The Labute approximate surface area is 265 Å². The Kier molecular flexibility index (Phi) is 11.5. The third-order valence-corrected chi connectivity index (χ3v) is 7.61. The molecule has 12 nitrogen and oxygen atoms in total. The van der Waals surface area contributed by atoms with Crippen LogP contribution in [0.15, 0.2) is 41.5 Å². The number of ether oxygens (including phenoxy) is 2. The molecule has 1 unspecified atom stereocenters. The van der Waals surface area contributed by atoms with Gasteiger partial charge < -0.3 is 24.8 Å².